The van der Waals surface area contributed by atoms with Gasteiger partial charge in [-0.1, -0.05) is 19.1 Å². The molecule has 1 N–H and O–H groups in total. The molecule has 0 aliphatic carbocycles. The third-order valence-electron chi connectivity index (χ3n) is 4.95. The minimum absolute atomic E-state index is 0.0148. The standard InChI is InChI=1S/C21H19IN2O5/c1-4-13-6-7-14(10-16(13)22)21(2,3)19(25)18(20(26)27)15-8-5-12(11-23)9-17(15)24(28)29/h5-10,18H,4H2,1-3H3,(H,26,27). The number of nitro groups is 1. The molecule has 0 saturated carbocycles. The summed E-state index contributed by atoms with van der Waals surface area (Å²) in [5.41, 5.74) is -0.240. The van der Waals surface area contributed by atoms with Crippen LogP contribution in [0.2, 0.25) is 0 Å². The Labute approximate surface area is 181 Å². The molecule has 7 nitrogen and oxygen atoms in total. The Morgan fingerprint density at radius 1 is 1.28 bits per heavy atom. The summed E-state index contributed by atoms with van der Waals surface area (Å²) >= 11 is 2.17. The van der Waals surface area contributed by atoms with Crippen LogP contribution in [0.1, 0.15) is 48.9 Å². The molecule has 0 amide bonds. The first-order valence-corrected chi connectivity index (χ1v) is 9.86. The second kappa shape index (κ2) is 8.69. The molecular weight excluding hydrogens is 487 g/mol. The molecule has 0 heterocycles. The van der Waals surface area contributed by atoms with Gasteiger partial charge >= 0.3 is 5.97 Å². The molecule has 0 fully saturated rings. The average Bonchev–Trinajstić information content (AvgIpc) is 2.67. The molecule has 0 saturated heterocycles. The van der Waals surface area contributed by atoms with Crippen LogP contribution in [0, 0.1) is 25.0 Å². The summed E-state index contributed by atoms with van der Waals surface area (Å²) in [6.07, 6.45) is 0.822. The lowest BCUT2D eigenvalue weighted by Crippen LogP contribution is -2.37. The fourth-order valence-corrected chi connectivity index (χ4v) is 4.02. The topological polar surface area (TPSA) is 121 Å². The fourth-order valence-electron chi connectivity index (χ4n) is 3.13. The number of nitriles is 1. The maximum Gasteiger partial charge on any atom is 0.318 e. The maximum atomic E-state index is 13.3. The van der Waals surface area contributed by atoms with Crippen LogP contribution in [0.5, 0.6) is 0 Å². The highest BCUT2D eigenvalue weighted by molar-refractivity contribution is 14.1. The van der Waals surface area contributed by atoms with Gasteiger partial charge in [-0.15, -0.1) is 0 Å². The number of halogens is 1. The van der Waals surface area contributed by atoms with Crippen LogP contribution in [0.4, 0.5) is 5.69 Å². The summed E-state index contributed by atoms with van der Waals surface area (Å²) in [5.74, 6) is -3.88. The van der Waals surface area contributed by atoms with Crippen LogP contribution in [0.3, 0.4) is 0 Å². The van der Waals surface area contributed by atoms with E-state index in [1.165, 1.54) is 12.1 Å². The molecule has 0 bridgehead atoms. The number of carbonyl (C=O) groups excluding carboxylic acids is 1. The van der Waals surface area contributed by atoms with E-state index in [4.69, 9.17) is 5.26 Å². The van der Waals surface area contributed by atoms with Crippen molar-refractivity contribution in [2.45, 2.75) is 38.5 Å². The van der Waals surface area contributed by atoms with Gasteiger partial charge in [0.25, 0.3) is 5.69 Å². The smallest absolute Gasteiger partial charge is 0.318 e. The molecule has 150 valence electrons. The van der Waals surface area contributed by atoms with Crippen molar-refractivity contribution in [1.82, 2.24) is 0 Å². The van der Waals surface area contributed by atoms with E-state index in [2.05, 4.69) is 22.6 Å². The van der Waals surface area contributed by atoms with E-state index in [1.807, 2.05) is 19.1 Å². The van der Waals surface area contributed by atoms with E-state index in [0.29, 0.717) is 5.56 Å². The third kappa shape index (κ3) is 4.45. The Hall–Kier alpha value is -2.80. The molecule has 29 heavy (non-hydrogen) atoms. The molecule has 1 unspecified atom stereocenters. The van der Waals surface area contributed by atoms with Gasteiger partial charge in [-0.05, 0) is 72.2 Å². The predicted molar refractivity (Wildman–Crippen MR) is 115 cm³/mol. The summed E-state index contributed by atoms with van der Waals surface area (Å²) in [5, 5.41) is 30.2. The number of carboxylic acids is 1. The number of Topliss-reactive ketones (excluding diaryl/α,β-unsaturated/α-hetero) is 1. The van der Waals surface area contributed by atoms with Crippen LogP contribution < -0.4 is 0 Å². The average molecular weight is 506 g/mol. The minimum Gasteiger partial charge on any atom is -0.480 e. The van der Waals surface area contributed by atoms with Gasteiger partial charge in [0.05, 0.1) is 22.1 Å². The second-order valence-corrected chi connectivity index (χ2v) is 8.22. The summed E-state index contributed by atoms with van der Waals surface area (Å²) in [7, 11) is 0. The number of nitro benzene ring substituents is 1. The number of carbonyl (C=O) groups is 2. The van der Waals surface area contributed by atoms with Gasteiger partial charge in [-0.3, -0.25) is 19.7 Å². The number of benzene rings is 2. The molecule has 8 heteroatoms. The lowest BCUT2D eigenvalue weighted by atomic mass is 9.73. The van der Waals surface area contributed by atoms with Crippen LogP contribution >= 0.6 is 22.6 Å². The van der Waals surface area contributed by atoms with E-state index < -0.39 is 33.7 Å². The molecule has 2 aromatic rings. The van der Waals surface area contributed by atoms with E-state index in [9.17, 15) is 24.8 Å². The van der Waals surface area contributed by atoms with Gasteiger partial charge in [0.1, 0.15) is 5.92 Å². The van der Waals surface area contributed by atoms with E-state index in [1.54, 1.807) is 26.0 Å². The first kappa shape index (κ1) is 22.5. The largest absolute Gasteiger partial charge is 0.480 e. The maximum absolute atomic E-state index is 13.3. The lowest BCUT2D eigenvalue weighted by Gasteiger charge is -2.27. The van der Waals surface area contributed by atoms with Gasteiger partial charge in [-0.25, -0.2) is 0 Å². The number of aryl methyl sites for hydroxylation is 1. The molecule has 0 spiro atoms. The summed E-state index contributed by atoms with van der Waals surface area (Å²) < 4.78 is 0.958. The highest BCUT2D eigenvalue weighted by Gasteiger charge is 2.42. The Bertz CT molecular complexity index is 1040. The van der Waals surface area contributed by atoms with Crippen molar-refractivity contribution in [1.29, 1.82) is 5.26 Å². The summed E-state index contributed by atoms with van der Waals surface area (Å²) in [6, 6.07) is 10.7. The Kier molecular flexibility index (Phi) is 6.74. The first-order valence-electron chi connectivity index (χ1n) is 8.79. The van der Waals surface area contributed by atoms with E-state index in [-0.39, 0.29) is 11.1 Å². The van der Waals surface area contributed by atoms with Crippen molar-refractivity contribution >= 4 is 40.0 Å². The van der Waals surface area contributed by atoms with Crippen molar-refractivity contribution in [3.63, 3.8) is 0 Å². The van der Waals surface area contributed by atoms with Gasteiger partial charge in [0.15, 0.2) is 5.78 Å². The molecule has 0 aromatic heterocycles. The summed E-state index contributed by atoms with van der Waals surface area (Å²) in [6.45, 7) is 5.23. The quantitative estimate of drug-likeness (QED) is 0.258. The fraction of sp³-hybridized carbons (Fsp3) is 0.286. The monoisotopic (exact) mass is 506 g/mol. The van der Waals surface area contributed by atoms with Crippen LogP contribution in [0.25, 0.3) is 0 Å². The predicted octanol–water partition coefficient (Wildman–Crippen LogP) is 4.35. The number of ketones is 1. The molecular formula is C21H19IN2O5. The van der Waals surface area contributed by atoms with Gasteiger partial charge < -0.3 is 5.11 Å². The zero-order valence-electron chi connectivity index (χ0n) is 16.1. The Morgan fingerprint density at radius 3 is 2.41 bits per heavy atom. The number of nitrogens with zero attached hydrogens (tertiary/aromatic N) is 2. The van der Waals surface area contributed by atoms with Crippen molar-refractivity contribution < 1.29 is 19.6 Å². The van der Waals surface area contributed by atoms with Gasteiger partial charge in [-0.2, -0.15) is 5.26 Å². The van der Waals surface area contributed by atoms with Crippen molar-refractivity contribution in [3.05, 3.63) is 72.3 Å². The highest BCUT2D eigenvalue weighted by Crippen LogP contribution is 2.36. The van der Waals surface area contributed by atoms with Crippen molar-refractivity contribution in [2.75, 3.05) is 0 Å². The zero-order chi connectivity index (χ0) is 21.9. The number of carboxylic acid groups (broad SMARTS) is 1. The van der Waals surface area contributed by atoms with Crippen molar-refractivity contribution in [3.8, 4) is 6.07 Å². The molecule has 0 aliphatic heterocycles. The summed E-state index contributed by atoms with van der Waals surface area (Å²) in [4.78, 5) is 36.0. The van der Waals surface area contributed by atoms with Crippen LogP contribution in [-0.4, -0.2) is 21.8 Å². The number of hydrogen-bond acceptors (Lipinski definition) is 5. The minimum atomic E-state index is -1.73. The van der Waals surface area contributed by atoms with Crippen LogP contribution in [0.15, 0.2) is 36.4 Å². The second-order valence-electron chi connectivity index (χ2n) is 7.06. The molecule has 0 radical (unpaired) electrons. The SMILES string of the molecule is CCc1ccc(C(C)(C)C(=O)C(C(=O)O)c2ccc(C#N)cc2[N+](=O)[O-])cc1I. The third-order valence-corrected chi connectivity index (χ3v) is 5.95. The number of rotatable bonds is 7. The molecule has 2 rings (SSSR count). The number of hydrogen-bond donors (Lipinski definition) is 1. The van der Waals surface area contributed by atoms with E-state index >= 15 is 0 Å². The zero-order valence-corrected chi connectivity index (χ0v) is 18.3. The Morgan fingerprint density at radius 2 is 1.93 bits per heavy atom. The molecule has 1 atom stereocenters. The van der Waals surface area contributed by atoms with Gasteiger partial charge in [0, 0.05) is 15.1 Å². The van der Waals surface area contributed by atoms with Crippen molar-refractivity contribution in [2.24, 2.45) is 0 Å². The highest BCUT2D eigenvalue weighted by atomic mass is 127. The lowest BCUT2D eigenvalue weighted by molar-refractivity contribution is -0.385. The molecule has 0 aliphatic rings. The molecule has 2 aromatic carbocycles. The first-order chi connectivity index (χ1) is 13.5. The van der Waals surface area contributed by atoms with Gasteiger partial charge in [0.2, 0.25) is 0 Å². The van der Waals surface area contributed by atoms with E-state index in [0.717, 1.165) is 21.6 Å². The normalized spacial score (nSPS) is 12.1. The Balaban J connectivity index is 2.61. The number of aliphatic carboxylic acids is 1. The van der Waals surface area contributed by atoms with Crippen LogP contribution in [-0.2, 0) is 21.4 Å².